The van der Waals surface area contributed by atoms with E-state index in [0.717, 1.165) is 5.71 Å². The molecule has 2 rings (SSSR count). The molecular weight excluding hydrogens is 132 g/mol. The monoisotopic (exact) mass is 140 g/mol. The van der Waals surface area contributed by atoms with Crippen molar-refractivity contribution in [3.8, 4) is 0 Å². The third-order valence-corrected chi connectivity index (χ3v) is 1.95. The van der Waals surface area contributed by atoms with Gasteiger partial charge in [-0.3, -0.25) is 0 Å². The van der Waals surface area contributed by atoms with Crippen molar-refractivity contribution in [1.29, 1.82) is 0 Å². The van der Waals surface area contributed by atoms with Gasteiger partial charge >= 0.3 is 5.97 Å². The fourth-order valence-electron chi connectivity index (χ4n) is 1.31. The van der Waals surface area contributed by atoms with Gasteiger partial charge in [-0.25, -0.2) is 4.79 Å². The average Bonchev–Trinajstić information content (AvgIpc) is 2.41. The van der Waals surface area contributed by atoms with Crippen LogP contribution < -0.4 is 5.32 Å². The largest absolute Gasteiger partial charge is 0.345 e. The van der Waals surface area contributed by atoms with Crippen molar-refractivity contribution in [2.75, 3.05) is 6.54 Å². The second-order valence-electron chi connectivity index (χ2n) is 2.61. The minimum absolute atomic E-state index is 0.102. The Hall–Kier alpha value is -0.900. The van der Waals surface area contributed by atoms with E-state index in [1.54, 1.807) is 0 Å². The molecule has 1 saturated heterocycles. The van der Waals surface area contributed by atoms with E-state index in [2.05, 4.69) is 15.3 Å². The van der Waals surface area contributed by atoms with Crippen LogP contribution >= 0.6 is 0 Å². The minimum atomic E-state index is -0.216. The van der Waals surface area contributed by atoms with Crippen LogP contribution in [0, 0.1) is 5.92 Å². The second-order valence-corrected chi connectivity index (χ2v) is 2.61. The summed E-state index contributed by atoms with van der Waals surface area (Å²) >= 11 is 0. The number of hydrogen-bond donors (Lipinski definition) is 1. The van der Waals surface area contributed by atoms with Crippen LogP contribution in [0.3, 0.4) is 0 Å². The number of nitrogens with one attached hydrogen (secondary N) is 1. The highest BCUT2D eigenvalue weighted by molar-refractivity contribution is 6.09. The Morgan fingerprint density at radius 1 is 1.80 bits per heavy atom. The second kappa shape index (κ2) is 1.79. The van der Waals surface area contributed by atoms with Crippen molar-refractivity contribution >= 4 is 11.7 Å². The molecule has 0 saturated carbocycles. The highest BCUT2D eigenvalue weighted by Crippen LogP contribution is 2.18. The molecule has 2 unspecified atom stereocenters. The summed E-state index contributed by atoms with van der Waals surface area (Å²) < 4.78 is 0. The van der Waals surface area contributed by atoms with Crippen molar-refractivity contribution < 1.29 is 9.63 Å². The fraction of sp³-hybridized carbons (Fsp3) is 0.667. The molecule has 0 spiro atoms. The number of nitrogens with zero attached hydrogens (tertiary/aromatic N) is 1. The lowest BCUT2D eigenvalue weighted by atomic mass is 10.1. The summed E-state index contributed by atoms with van der Waals surface area (Å²) in [5, 5.41) is 6.78. The zero-order valence-electron chi connectivity index (χ0n) is 5.63. The predicted molar refractivity (Wildman–Crippen MR) is 34.5 cm³/mol. The normalized spacial score (nSPS) is 37.3. The van der Waals surface area contributed by atoms with Gasteiger partial charge in [0.2, 0.25) is 0 Å². The maximum absolute atomic E-state index is 10.8. The Bertz CT molecular complexity index is 212. The molecule has 0 aromatic carbocycles. The maximum atomic E-state index is 10.8. The highest BCUT2D eigenvalue weighted by atomic mass is 16.7. The summed E-state index contributed by atoms with van der Waals surface area (Å²) in [4.78, 5) is 15.3. The van der Waals surface area contributed by atoms with Crippen molar-refractivity contribution in [2.24, 2.45) is 11.1 Å². The van der Waals surface area contributed by atoms with Crippen LogP contribution in [0.25, 0.3) is 0 Å². The summed E-state index contributed by atoms with van der Waals surface area (Å²) in [5.41, 5.74) is 0.852. The number of fused-ring (bicyclic) bond motifs is 1. The summed E-state index contributed by atoms with van der Waals surface area (Å²) in [7, 11) is 0. The van der Waals surface area contributed by atoms with Crippen LogP contribution in [-0.4, -0.2) is 24.3 Å². The molecular formula is C6H8N2O2. The third kappa shape index (κ3) is 0.593. The van der Waals surface area contributed by atoms with E-state index in [0.29, 0.717) is 6.54 Å². The maximum Gasteiger partial charge on any atom is 0.345 e. The molecule has 4 heteroatoms. The van der Waals surface area contributed by atoms with Gasteiger partial charge in [0.05, 0.1) is 5.71 Å². The van der Waals surface area contributed by atoms with Crippen LogP contribution in [0.15, 0.2) is 5.16 Å². The van der Waals surface area contributed by atoms with Gasteiger partial charge in [-0.1, -0.05) is 5.16 Å². The smallest absolute Gasteiger partial charge is 0.317 e. The first kappa shape index (κ1) is 5.85. The van der Waals surface area contributed by atoms with E-state index in [-0.39, 0.29) is 17.9 Å². The molecule has 0 radical (unpaired) electrons. The van der Waals surface area contributed by atoms with Gasteiger partial charge in [0, 0.05) is 12.6 Å². The van der Waals surface area contributed by atoms with Gasteiger partial charge in [-0.05, 0) is 6.92 Å². The zero-order valence-corrected chi connectivity index (χ0v) is 5.63. The summed E-state index contributed by atoms with van der Waals surface area (Å²) in [6.07, 6.45) is 0. The number of hydrogen-bond acceptors (Lipinski definition) is 4. The Morgan fingerprint density at radius 2 is 2.60 bits per heavy atom. The fourth-order valence-corrected chi connectivity index (χ4v) is 1.31. The van der Waals surface area contributed by atoms with Crippen LogP contribution in [0.2, 0.25) is 0 Å². The molecule has 0 amide bonds. The van der Waals surface area contributed by atoms with Gasteiger partial charge in [-0.15, -0.1) is 0 Å². The molecule has 2 atom stereocenters. The lowest BCUT2D eigenvalue weighted by molar-refractivity contribution is -0.143. The first-order valence-electron chi connectivity index (χ1n) is 3.31. The zero-order chi connectivity index (χ0) is 7.14. The molecule has 1 N–H and O–H groups in total. The van der Waals surface area contributed by atoms with Gasteiger partial charge in [0.25, 0.3) is 0 Å². The van der Waals surface area contributed by atoms with Crippen LogP contribution in [-0.2, 0) is 9.63 Å². The van der Waals surface area contributed by atoms with Crippen LogP contribution in [0.4, 0.5) is 0 Å². The molecule has 0 aromatic heterocycles. The highest BCUT2D eigenvalue weighted by Gasteiger charge is 2.40. The molecule has 2 heterocycles. The topological polar surface area (TPSA) is 50.7 Å². The van der Waals surface area contributed by atoms with Crippen molar-refractivity contribution in [2.45, 2.75) is 13.0 Å². The molecule has 4 nitrogen and oxygen atoms in total. The molecule has 2 aliphatic heterocycles. The molecule has 0 aromatic rings. The number of oxime groups is 1. The Morgan fingerprint density at radius 3 is 3.30 bits per heavy atom. The summed E-state index contributed by atoms with van der Waals surface area (Å²) in [5.74, 6) is -0.318. The van der Waals surface area contributed by atoms with E-state index in [9.17, 15) is 4.79 Å². The van der Waals surface area contributed by atoms with E-state index in [4.69, 9.17) is 0 Å². The number of carbonyl (C=O) groups is 1. The third-order valence-electron chi connectivity index (χ3n) is 1.95. The Kier molecular flexibility index (Phi) is 1.05. The standard InChI is InChI=1S/C6H8N2O2/c1-3-5-4(2-7-3)6(9)10-8-5/h3-4,7H,2H2,1H3. The summed E-state index contributed by atoms with van der Waals surface area (Å²) in [6, 6.07) is 0.205. The number of rotatable bonds is 0. The lowest BCUT2D eigenvalue weighted by Crippen LogP contribution is -2.22. The van der Waals surface area contributed by atoms with E-state index >= 15 is 0 Å². The average molecular weight is 140 g/mol. The lowest BCUT2D eigenvalue weighted by Gasteiger charge is -1.97. The van der Waals surface area contributed by atoms with Crippen LogP contribution in [0.5, 0.6) is 0 Å². The van der Waals surface area contributed by atoms with Gasteiger partial charge in [0.1, 0.15) is 5.92 Å². The van der Waals surface area contributed by atoms with E-state index < -0.39 is 0 Å². The molecule has 0 bridgehead atoms. The molecule has 2 aliphatic rings. The van der Waals surface area contributed by atoms with Crippen molar-refractivity contribution in [3.63, 3.8) is 0 Å². The SMILES string of the molecule is CC1NCC2C(=O)ON=C12. The first-order valence-corrected chi connectivity index (χ1v) is 3.31. The number of carbonyl (C=O) groups excluding carboxylic acids is 1. The van der Waals surface area contributed by atoms with Crippen LogP contribution in [0.1, 0.15) is 6.92 Å². The van der Waals surface area contributed by atoms with E-state index in [1.165, 1.54) is 0 Å². The summed E-state index contributed by atoms with van der Waals surface area (Å²) in [6.45, 7) is 2.65. The Labute approximate surface area is 58.2 Å². The minimum Gasteiger partial charge on any atom is -0.317 e. The Balaban J connectivity index is 2.28. The first-order chi connectivity index (χ1) is 4.79. The van der Waals surface area contributed by atoms with Gasteiger partial charge < -0.3 is 10.2 Å². The predicted octanol–water partition coefficient (Wildman–Crippen LogP) is -0.493. The quantitative estimate of drug-likeness (QED) is 0.462. The van der Waals surface area contributed by atoms with Crippen molar-refractivity contribution in [1.82, 2.24) is 5.32 Å². The molecule has 10 heavy (non-hydrogen) atoms. The molecule has 1 fully saturated rings. The van der Waals surface area contributed by atoms with Gasteiger partial charge in [-0.2, -0.15) is 0 Å². The van der Waals surface area contributed by atoms with Gasteiger partial charge in [0.15, 0.2) is 0 Å². The van der Waals surface area contributed by atoms with Crippen molar-refractivity contribution in [3.05, 3.63) is 0 Å². The van der Waals surface area contributed by atoms with E-state index in [1.807, 2.05) is 6.92 Å². The molecule has 0 aliphatic carbocycles. The molecule has 54 valence electrons.